The summed E-state index contributed by atoms with van der Waals surface area (Å²) in [5.74, 6) is 0.439. The molecular weight excluding hydrogens is 538 g/mol. The summed E-state index contributed by atoms with van der Waals surface area (Å²) >= 11 is 0. The van der Waals surface area contributed by atoms with Gasteiger partial charge < -0.3 is 15.0 Å². The summed E-state index contributed by atoms with van der Waals surface area (Å²) in [5.41, 5.74) is 9.10. The summed E-state index contributed by atoms with van der Waals surface area (Å²) in [7, 11) is -2.03. The van der Waals surface area contributed by atoms with E-state index in [9.17, 15) is 13.2 Å². The number of aryl methyl sites for hydroxylation is 1. The lowest BCUT2D eigenvalue weighted by molar-refractivity contribution is -0.143. The van der Waals surface area contributed by atoms with E-state index in [1.165, 1.54) is 4.31 Å². The second-order valence-electron chi connectivity index (χ2n) is 8.85. The van der Waals surface area contributed by atoms with E-state index in [1.807, 2.05) is 29.8 Å². The van der Waals surface area contributed by atoms with E-state index in [2.05, 4.69) is 0 Å². The number of nitrogens with zero attached hydrogens (tertiary/aromatic N) is 3. The number of ether oxygens (including phenoxy) is 1. The van der Waals surface area contributed by atoms with E-state index in [0.717, 1.165) is 16.9 Å². The molecule has 0 saturated heterocycles. The molecule has 0 bridgehead atoms. The molecule has 0 amide bonds. The molecule has 1 aromatic heterocycles. The normalized spacial score (nSPS) is 11.1. The number of nitrogens with two attached hydrogens (primary N) is 1. The molecule has 0 fully saturated rings. The van der Waals surface area contributed by atoms with Crippen LogP contribution >= 0.6 is 12.4 Å². The van der Waals surface area contributed by atoms with Gasteiger partial charge in [0.05, 0.1) is 28.2 Å². The number of esters is 1. The quantitative estimate of drug-likeness (QED) is 0.156. The Morgan fingerprint density at radius 3 is 2.41 bits per heavy atom. The Hall–Kier alpha value is -3.89. The van der Waals surface area contributed by atoms with Gasteiger partial charge in [0.25, 0.3) is 10.0 Å². The first-order valence-corrected chi connectivity index (χ1v) is 13.8. The second-order valence-corrected chi connectivity index (χ2v) is 10.7. The largest absolute Gasteiger partial charge is 0.466 e. The molecule has 0 aliphatic heterocycles. The van der Waals surface area contributed by atoms with E-state index in [-0.39, 0.29) is 48.7 Å². The number of benzene rings is 3. The number of carbonyl (C=O) groups is 1. The summed E-state index contributed by atoms with van der Waals surface area (Å²) in [5, 5.41) is 7.55. The molecule has 9 nitrogen and oxygen atoms in total. The van der Waals surface area contributed by atoms with Crippen LogP contribution in [0, 0.1) is 5.41 Å². The zero-order chi connectivity index (χ0) is 27.3. The van der Waals surface area contributed by atoms with Crippen molar-refractivity contribution in [2.75, 3.05) is 17.5 Å². The number of halogens is 1. The van der Waals surface area contributed by atoms with Crippen molar-refractivity contribution in [1.82, 2.24) is 9.55 Å². The molecule has 0 aliphatic carbocycles. The van der Waals surface area contributed by atoms with Crippen molar-refractivity contribution in [3.8, 4) is 0 Å². The van der Waals surface area contributed by atoms with Crippen LogP contribution in [0.1, 0.15) is 36.7 Å². The number of nitrogens with one attached hydrogen (secondary N) is 1. The maximum absolute atomic E-state index is 13.8. The van der Waals surface area contributed by atoms with E-state index in [1.54, 1.807) is 61.5 Å². The number of rotatable bonds is 11. The van der Waals surface area contributed by atoms with Gasteiger partial charge in [-0.15, -0.1) is 12.4 Å². The lowest BCUT2D eigenvalue weighted by Gasteiger charge is -2.24. The highest BCUT2D eigenvalue weighted by molar-refractivity contribution is 7.92. The average Bonchev–Trinajstić information content (AvgIpc) is 3.21. The molecule has 0 saturated carbocycles. The third-order valence-corrected chi connectivity index (χ3v) is 8.08. The summed E-state index contributed by atoms with van der Waals surface area (Å²) in [6.07, 6.45) is 0.990. The van der Waals surface area contributed by atoms with Crippen molar-refractivity contribution in [1.29, 1.82) is 5.41 Å². The Morgan fingerprint density at radius 1 is 1.08 bits per heavy atom. The smallest absolute Gasteiger partial charge is 0.305 e. The molecule has 11 heteroatoms. The fourth-order valence-corrected chi connectivity index (χ4v) is 5.77. The molecule has 206 valence electrons. The van der Waals surface area contributed by atoms with Gasteiger partial charge in [-0.05, 0) is 49.2 Å². The van der Waals surface area contributed by atoms with Crippen molar-refractivity contribution in [3.05, 3.63) is 89.7 Å². The number of nitrogen functional groups attached to an aromatic ring is 1. The van der Waals surface area contributed by atoms with E-state index < -0.39 is 10.0 Å². The van der Waals surface area contributed by atoms with Crippen molar-refractivity contribution in [2.45, 2.75) is 31.1 Å². The number of anilines is 1. The van der Waals surface area contributed by atoms with Crippen molar-refractivity contribution >= 4 is 51.0 Å². The van der Waals surface area contributed by atoms with Crippen LogP contribution < -0.4 is 10.0 Å². The molecule has 0 aliphatic rings. The Bertz CT molecular complexity index is 1550. The Kier molecular flexibility index (Phi) is 9.71. The van der Waals surface area contributed by atoms with Crippen molar-refractivity contribution in [2.24, 2.45) is 12.8 Å². The van der Waals surface area contributed by atoms with E-state index in [0.29, 0.717) is 29.6 Å². The number of hydrogen-bond acceptors (Lipinski definition) is 6. The number of para-hydroxylation sites is 1. The molecule has 3 N–H and O–H groups in total. The summed E-state index contributed by atoms with van der Waals surface area (Å²) in [6, 6.07) is 21.2. The van der Waals surface area contributed by atoms with Gasteiger partial charge in [-0.1, -0.05) is 42.5 Å². The minimum atomic E-state index is -3.93. The van der Waals surface area contributed by atoms with Crippen LogP contribution in [-0.4, -0.2) is 42.9 Å². The standard InChI is InChI=1S/C28H31N5O4S.ClH/c1-3-37-27(34)10-7-17-33(22-8-5-4-6-9-22)38(35,36)23-15-16-25-24(19-23)31-26(32(25)2)18-20-11-13-21(14-12-20)28(29)30;/h4-6,8-9,11-16,19H,3,7,10,17-18H2,1-2H3,(H3,29,30);1H. The molecule has 0 spiro atoms. The molecule has 0 atom stereocenters. The van der Waals surface area contributed by atoms with Crippen LogP contribution in [0.3, 0.4) is 0 Å². The number of hydrogen-bond donors (Lipinski definition) is 2. The van der Waals surface area contributed by atoms with Crippen LogP contribution in [0.2, 0.25) is 0 Å². The maximum atomic E-state index is 13.8. The van der Waals surface area contributed by atoms with Crippen LogP contribution in [-0.2, 0) is 33.0 Å². The lowest BCUT2D eigenvalue weighted by atomic mass is 10.1. The molecule has 39 heavy (non-hydrogen) atoms. The maximum Gasteiger partial charge on any atom is 0.305 e. The topological polar surface area (TPSA) is 131 Å². The first kappa shape index (κ1) is 29.7. The zero-order valence-electron chi connectivity index (χ0n) is 21.8. The van der Waals surface area contributed by atoms with Gasteiger partial charge in [0, 0.05) is 32.0 Å². The summed E-state index contributed by atoms with van der Waals surface area (Å²) in [4.78, 5) is 16.7. The first-order valence-electron chi connectivity index (χ1n) is 12.3. The highest BCUT2D eigenvalue weighted by Crippen LogP contribution is 2.27. The molecule has 4 aromatic rings. The number of sulfonamides is 1. The highest BCUT2D eigenvalue weighted by Gasteiger charge is 2.26. The zero-order valence-corrected chi connectivity index (χ0v) is 23.5. The minimum absolute atomic E-state index is 0. The number of amidine groups is 1. The predicted molar refractivity (Wildman–Crippen MR) is 155 cm³/mol. The third kappa shape index (κ3) is 6.76. The fourth-order valence-electron chi connectivity index (χ4n) is 4.24. The van der Waals surface area contributed by atoms with Gasteiger partial charge in [0.15, 0.2) is 0 Å². The van der Waals surface area contributed by atoms with Crippen LogP contribution in [0.25, 0.3) is 11.0 Å². The average molecular weight is 570 g/mol. The number of aromatic nitrogens is 2. The van der Waals surface area contributed by atoms with Crippen LogP contribution in [0.5, 0.6) is 0 Å². The van der Waals surface area contributed by atoms with Gasteiger partial charge in [0.1, 0.15) is 11.7 Å². The Morgan fingerprint density at radius 2 is 1.77 bits per heavy atom. The summed E-state index contributed by atoms with van der Waals surface area (Å²) in [6.45, 7) is 2.16. The third-order valence-electron chi connectivity index (χ3n) is 6.25. The van der Waals surface area contributed by atoms with Gasteiger partial charge in [-0.3, -0.25) is 14.5 Å². The number of imidazole rings is 1. The summed E-state index contributed by atoms with van der Waals surface area (Å²) < 4.78 is 35.8. The Labute approximate surface area is 234 Å². The number of fused-ring (bicyclic) bond motifs is 1. The minimum Gasteiger partial charge on any atom is -0.466 e. The predicted octanol–water partition coefficient (Wildman–Crippen LogP) is 4.41. The van der Waals surface area contributed by atoms with Crippen LogP contribution in [0.4, 0.5) is 5.69 Å². The molecule has 4 rings (SSSR count). The fraction of sp³-hybridized carbons (Fsp3) is 0.250. The Balaban J connectivity index is 0.00000420. The SMILES string of the molecule is CCOC(=O)CCCN(c1ccccc1)S(=O)(=O)c1ccc2c(c1)nc(Cc1ccc(C(=N)N)cc1)n2C.Cl. The van der Waals surface area contributed by atoms with Crippen molar-refractivity contribution in [3.63, 3.8) is 0 Å². The molecule has 0 radical (unpaired) electrons. The molecule has 3 aromatic carbocycles. The molecular formula is C28H32ClN5O4S. The lowest BCUT2D eigenvalue weighted by Crippen LogP contribution is -2.32. The van der Waals surface area contributed by atoms with Crippen molar-refractivity contribution < 1.29 is 17.9 Å². The number of carbonyl (C=O) groups excluding carboxylic acids is 1. The van der Waals surface area contributed by atoms with E-state index in [4.69, 9.17) is 20.9 Å². The second kappa shape index (κ2) is 12.8. The van der Waals surface area contributed by atoms with Gasteiger partial charge in [-0.25, -0.2) is 13.4 Å². The van der Waals surface area contributed by atoms with Gasteiger partial charge in [0.2, 0.25) is 0 Å². The molecule has 1 heterocycles. The van der Waals surface area contributed by atoms with Gasteiger partial charge >= 0.3 is 5.97 Å². The van der Waals surface area contributed by atoms with E-state index >= 15 is 0 Å². The highest BCUT2D eigenvalue weighted by atomic mass is 35.5. The van der Waals surface area contributed by atoms with Crippen LogP contribution in [0.15, 0.2) is 77.7 Å². The van der Waals surface area contributed by atoms with Gasteiger partial charge in [-0.2, -0.15) is 0 Å². The first-order chi connectivity index (χ1) is 18.2. The monoisotopic (exact) mass is 569 g/mol. The molecule has 0 unspecified atom stereocenters.